The van der Waals surface area contributed by atoms with Gasteiger partial charge in [0.15, 0.2) is 11.0 Å². The van der Waals surface area contributed by atoms with E-state index in [9.17, 15) is 19.2 Å². The van der Waals surface area contributed by atoms with Gasteiger partial charge in [0, 0.05) is 7.05 Å². The van der Waals surface area contributed by atoms with E-state index in [1.165, 1.54) is 11.3 Å². The topological polar surface area (TPSA) is 142 Å². The molecule has 0 aliphatic carbocycles. The predicted molar refractivity (Wildman–Crippen MR) is 141 cm³/mol. The first-order chi connectivity index (χ1) is 17.7. The van der Waals surface area contributed by atoms with Gasteiger partial charge in [0.25, 0.3) is 5.91 Å². The molecule has 2 N–H and O–H groups in total. The molecule has 0 saturated carbocycles. The average molecular weight is 566 g/mol. The molecule has 3 rings (SSSR count). The number of ether oxygens (including phenoxy) is 2. The van der Waals surface area contributed by atoms with Crippen LogP contribution in [-0.4, -0.2) is 57.0 Å². The summed E-state index contributed by atoms with van der Waals surface area (Å²) >= 11 is 3.47. The Labute approximate surface area is 225 Å². The lowest BCUT2D eigenvalue weighted by molar-refractivity contribution is -0.115. The normalized spacial score (nSPS) is 11.6. The Bertz CT molecular complexity index is 1280. The number of esters is 2. The molecule has 3 heterocycles. The minimum Gasteiger partial charge on any atom is -0.462 e. The molecule has 1 atom stereocenters. The molecule has 0 fully saturated rings. The third-order valence-electron chi connectivity index (χ3n) is 5.05. The third-order valence-corrected chi connectivity index (χ3v) is 8.24. The van der Waals surface area contributed by atoms with Crippen LogP contribution in [0.2, 0.25) is 0 Å². The van der Waals surface area contributed by atoms with Crippen molar-refractivity contribution in [2.75, 3.05) is 18.5 Å². The van der Waals surface area contributed by atoms with Gasteiger partial charge < -0.3 is 24.7 Å². The smallest absolute Gasteiger partial charge is 0.348 e. The van der Waals surface area contributed by atoms with E-state index in [0.717, 1.165) is 23.1 Å². The number of thiophene rings is 2. The van der Waals surface area contributed by atoms with Crippen LogP contribution >= 0.6 is 34.4 Å². The van der Waals surface area contributed by atoms with Gasteiger partial charge in [0.05, 0.1) is 35.4 Å². The number of rotatable bonds is 11. The molecular formula is C23H27N5O6S3. The number of amides is 2. The Morgan fingerprint density at radius 3 is 2.49 bits per heavy atom. The van der Waals surface area contributed by atoms with E-state index in [4.69, 9.17) is 9.47 Å². The summed E-state index contributed by atoms with van der Waals surface area (Å²) in [4.78, 5) is 51.0. The highest BCUT2D eigenvalue weighted by Crippen LogP contribution is 2.35. The summed E-state index contributed by atoms with van der Waals surface area (Å²) in [6.07, 6.45) is 0. The van der Waals surface area contributed by atoms with Crippen LogP contribution in [0.4, 0.5) is 5.00 Å². The summed E-state index contributed by atoms with van der Waals surface area (Å²) in [5.41, 5.74) is 0.517. The van der Waals surface area contributed by atoms with Gasteiger partial charge in [0.2, 0.25) is 5.91 Å². The van der Waals surface area contributed by atoms with Gasteiger partial charge in [-0.2, -0.15) is 0 Å². The van der Waals surface area contributed by atoms with E-state index in [1.807, 2.05) is 5.38 Å². The van der Waals surface area contributed by atoms with Gasteiger partial charge in [-0.25, -0.2) is 9.59 Å². The van der Waals surface area contributed by atoms with Crippen molar-refractivity contribution in [3.8, 4) is 0 Å². The average Bonchev–Trinajstić information content (AvgIpc) is 3.58. The second-order valence-electron chi connectivity index (χ2n) is 7.57. The fourth-order valence-electron chi connectivity index (χ4n) is 3.12. The van der Waals surface area contributed by atoms with Gasteiger partial charge in [-0.15, -0.1) is 32.9 Å². The first kappa shape index (κ1) is 28.3. The van der Waals surface area contributed by atoms with Gasteiger partial charge in [-0.1, -0.05) is 17.8 Å². The molecule has 198 valence electrons. The lowest BCUT2D eigenvalue weighted by Gasteiger charge is -2.12. The zero-order valence-corrected chi connectivity index (χ0v) is 23.4. The van der Waals surface area contributed by atoms with Crippen molar-refractivity contribution >= 4 is 63.2 Å². The van der Waals surface area contributed by atoms with E-state index in [1.54, 1.807) is 51.4 Å². The molecule has 0 aliphatic heterocycles. The monoisotopic (exact) mass is 565 g/mol. The standard InChI is InChI=1S/C23H27N5O6S3/c1-6-33-21(31)16-12(3)17(22(32)34-7-2)37-20(16)25-18(29)13(4)36-23-27-26-15(28(23)5)11-24-19(30)14-9-8-10-35-14/h8-10,13H,6-7,11H2,1-5H3,(H,24,30)(H,25,29). The van der Waals surface area contributed by atoms with Crippen LogP contribution in [0, 0.1) is 6.92 Å². The minimum absolute atomic E-state index is 0.128. The summed E-state index contributed by atoms with van der Waals surface area (Å²) in [6.45, 7) is 7.15. The van der Waals surface area contributed by atoms with Crippen molar-refractivity contribution in [2.45, 2.75) is 44.6 Å². The third kappa shape index (κ3) is 6.76. The van der Waals surface area contributed by atoms with Crippen molar-refractivity contribution in [2.24, 2.45) is 7.05 Å². The highest BCUT2D eigenvalue weighted by atomic mass is 32.2. The zero-order valence-electron chi connectivity index (χ0n) is 20.9. The van der Waals surface area contributed by atoms with Crippen molar-refractivity contribution in [3.63, 3.8) is 0 Å². The highest BCUT2D eigenvalue weighted by molar-refractivity contribution is 8.00. The summed E-state index contributed by atoms with van der Waals surface area (Å²) in [5.74, 6) is -1.28. The Kier molecular flexibility index (Phi) is 9.83. The maximum absolute atomic E-state index is 13.0. The maximum atomic E-state index is 13.0. The largest absolute Gasteiger partial charge is 0.462 e. The van der Waals surface area contributed by atoms with Crippen LogP contribution in [0.25, 0.3) is 0 Å². The fourth-order valence-corrected chi connectivity index (χ4v) is 5.69. The molecule has 3 aromatic heterocycles. The molecule has 2 amide bonds. The number of nitrogens with one attached hydrogen (secondary N) is 2. The lowest BCUT2D eigenvalue weighted by atomic mass is 10.1. The van der Waals surface area contributed by atoms with E-state index < -0.39 is 23.1 Å². The summed E-state index contributed by atoms with van der Waals surface area (Å²) < 4.78 is 11.9. The van der Waals surface area contributed by atoms with Crippen LogP contribution in [0.3, 0.4) is 0 Å². The van der Waals surface area contributed by atoms with Crippen LogP contribution < -0.4 is 10.6 Å². The molecule has 0 bridgehead atoms. The Morgan fingerprint density at radius 2 is 1.84 bits per heavy atom. The van der Waals surface area contributed by atoms with Gasteiger partial charge >= 0.3 is 11.9 Å². The van der Waals surface area contributed by atoms with Crippen molar-refractivity contribution < 1.29 is 28.7 Å². The van der Waals surface area contributed by atoms with Crippen molar-refractivity contribution in [3.05, 3.63) is 44.2 Å². The Hall–Kier alpha value is -3.23. The Morgan fingerprint density at radius 1 is 1.14 bits per heavy atom. The fraction of sp³-hybridized carbons (Fsp3) is 0.391. The molecule has 14 heteroatoms. The summed E-state index contributed by atoms with van der Waals surface area (Å²) in [6, 6.07) is 3.53. The molecule has 0 radical (unpaired) electrons. The molecule has 0 spiro atoms. The second-order valence-corrected chi connectivity index (χ2v) is 10.8. The SMILES string of the molecule is CCOC(=O)c1sc(NC(=O)C(C)Sc2nnc(CNC(=O)c3cccs3)n2C)c(C(=O)OCC)c1C. The van der Waals surface area contributed by atoms with E-state index in [2.05, 4.69) is 20.8 Å². The summed E-state index contributed by atoms with van der Waals surface area (Å²) in [5, 5.41) is 15.7. The zero-order chi connectivity index (χ0) is 27.1. The second kappa shape index (κ2) is 12.8. The van der Waals surface area contributed by atoms with Gasteiger partial charge in [-0.05, 0) is 44.7 Å². The van der Waals surface area contributed by atoms with Crippen molar-refractivity contribution in [1.82, 2.24) is 20.1 Å². The first-order valence-electron chi connectivity index (χ1n) is 11.3. The molecule has 0 aromatic carbocycles. The molecule has 3 aromatic rings. The lowest BCUT2D eigenvalue weighted by Crippen LogP contribution is -2.24. The highest BCUT2D eigenvalue weighted by Gasteiger charge is 2.29. The summed E-state index contributed by atoms with van der Waals surface area (Å²) in [7, 11) is 1.74. The molecule has 37 heavy (non-hydrogen) atoms. The van der Waals surface area contributed by atoms with E-state index in [-0.39, 0.29) is 41.1 Å². The maximum Gasteiger partial charge on any atom is 0.348 e. The Balaban J connectivity index is 1.70. The predicted octanol–water partition coefficient (Wildman–Crippen LogP) is 3.65. The number of nitrogens with zero attached hydrogens (tertiary/aromatic N) is 3. The number of carbonyl (C=O) groups excluding carboxylic acids is 4. The minimum atomic E-state index is -0.634. The number of carbonyl (C=O) groups is 4. The van der Waals surface area contributed by atoms with Crippen LogP contribution in [0.1, 0.15) is 61.9 Å². The number of anilines is 1. The molecular weight excluding hydrogens is 538 g/mol. The molecule has 1 unspecified atom stereocenters. The number of hydrogen-bond donors (Lipinski definition) is 2. The van der Waals surface area contributed by atoms with Crippen LogP contribution in [0.15, 0.2) is 22.7 Å². The van der Waals surface area contributed by atoms with E-state index >= 15 is 0 Å². The van der Waals surface area contributed by atoms with Crippen molar-refractivity contribution in [1.29, 1.82) is 0 Å². The molecule has 0 aliphatic rings. The van der Waals surface area contributed by atoms with Crippen LogP contribution in [0.5, 0.6) is 0 Å². The first-order valence-corrected chi connectivity index (χ1v) is 13.9. The van der Waals surface area contributed by atoms with E-state index in [0.29, 0.717) is 21.4 Å². The number of aromatic nitrogens is 3. The van der Waals surface area contributed by atoms with Gasteiger partial charge in [0.1, 0.15) is 9.88 Å². The van der Waals surface area contributed by atoms with Crippen LogP contribution in [-0.2, 0) is 27.9 Å². The van der Waals surface area contributed by atoms with Gasteiger partial charge in [-0.3, -0.25) is 9.59 Å². The number of thioether (sulfide) groups is 1. The molecule has 11 nitrogen and oxygen atoms in total. The number of hydrogen-bond acceptors (Lipinski definition) is 11. The molecule has 0 saturated heterocycles. The quantitative estimate of drug-likeness (QED) is 0.263.